The van der Waals surface area contributed by atoms with E-state index in [0.717, 1.165) is 25.3 Å². The molecule has 1 aromatic carbocycles. The quantitative estimate of drug-likeness (QED) is 0.450. The van der Waals surface area contributed by atoms with Gasteiger partial charge in [-0.25, -0.2) is 8.42 Å². The zero-order valence-corrected chi connectivity index (χ0v) is 14.3. The molecule has 0 spiro atoms. The molecule has 0 saturated heterocycles. The molecule has 0 aromatic heterocycles. The van der Waals surface area contributed by atoms with E-state index < -0.39 is 32.6 Å². The van der Waals surface area contributed by atoms with Crippen molar-refractivity contribution in [2.24, 2.45) is 5.92 Å². The fourth-order valence-corrected chi connectivity index (χ4v) is 3.26. The highest BCUT2D eigenvalue weighted by atomic mass is 35.5. The van der Waals surface area contributed by atoms with Crippen LogP contribution in [-0.2, 0) is 19.6 Å². The number of carbonyl (C=O) groups is 1. The number of methoxy groups -OCH3 is 1. The number of ether oxygens (including phenoxy) is 1. The van der Waals surface area contributed by atoms with Crippen molar-refractivity contribution in [3.8, 4) is 0 Å². The van der Waals surface area contributed by atoms with Crippen LogP contribution in [0.2, 0.25) is 5.02 Å². The second kappa shape index (κ2) is 7.71. The fourth-order valence-electron chi connectivity index (χ4n) is 1.86. The summed E-state index contributed by atoms with van der Waals surface area (Å²) in [7, 11) is -3.00. The zero-order chi connectivity index (χ0) is 17.8. The number of carbonyl (C=O) groups excluding carboxylic acids is 1. The van der Waals surface area contributed by atoms with Gasteiger partial charge in [0.1, 0.15) is 11.1 Å². The van der Waals surface area contributed by atoms with Gasteiger partial charge in [0.05, 0.1) is 16.9 Å². The predicted molar refractivity (Wildman–Crippen MR) is 83.7 cm³/mol. The summed E-state index contributed by atoms with van der Waals surface area (Å²) in [6.45, 7) is 3.63. The zero-order valence-electron chi connectivity index (χ0n) is 12.8. The van der Waals surface area contributed by atoms with Gasteiger partial charge in [-0.2, -0.15) is 4.72 Å². The minimum Gasteiger partial charge on any atom is -0.468 e. The molecule has 0 unspecified atom stereocenters. The largest absolute Gasteiger partial charge is 0.468 e. The van der Waals surface area contributed by atoms with Gasteiger partial charge in [0.2, 0.25) is 10.0 Å². The molecule has 0 bridgehead atoms. The molecule has 1 atom stereocenters. The van der Waals surface area contributed by atoms with Crippen LogP contribution in [0.1, 0.15) is 20.3 Å². The van der Waals surface area contributed by atoms with Gasteiger partial charge in [-0.15, -0.1) is 0 Å². The molecule has 23 heavy (non-hydrogen) atoms. The van der Waals surface area contributed by atoms with E-state index >= 15 is 0 Å². The third-order valence-corrected chi connectivity index (χ3v) is 4.70. The Labute approximate surface area is 139 Å². The van der Waals surface area contributed by atoms with Gasteiger partial charge in [-0.1, -0.05) is 25.4 Å². The van der Waals surface area contributed by atoms with Crippen molar-refractivity contribution in [1.82, 2.24) is 4.72 Å². The van der Waals surface area contributed by atoms with Crippen molar-refractivity contribution in [2.75, 3.05) is 7.11 Å². The van der Waals surface area contributed by atoms with Gasteiger partial charge in [0, 0.05) is 6.07 Å². The van der Waals surface area contributed by atoms with Gasteiger partial charge in [0.15, 0.2) is 0 Å². The highest BCUT2D eigenvalue weighted by Crippen LogP contribution is 2.27. The van der Waals surface area contributed by atoms with Crippen LogP contribution in [0.5, 0.6) is 0 Å². The first-order chi connectivity index (χ1) is 10.6. The fraction of sp³-hybridized carbons (Fsp3) is 0.462. The van der Waals surface area contributed by atoms with E-state index in [0.29, 0.717) is 0 Å². The van der Waals surface area contributed by atoms with E-state index in [4.69, 9.17) is 11.6 Å². The number of nitro benzene ring substituents is 1. The van der Waals surface area contributed by atoms with Crippen molar-refractivity contribution < 1.29 is 22.9 Å². The van der Waals surface area contributed by atoms with Crippen LogP contribution in [-0.4, -0.2) is 32.5 Å². The van der Waals surface area contributed by atoms with E-state index in [1.54, 1.807) is 0 Å². The molecule has 0 aliphatic rings. The van der Waals surface area contributed by atoms with Crippen LogP contribution < -0.4 is 4.72 Å². The Morgan fingerprint density at radius 2 is 2.04 bits per heavy atom. The summed E-state index contributed by atoms with van der Waals surface area (Å²) in [4.78, 5) is 21.4. The molecule has 0 heterocycles. The van der Waals surface area contributed by atoms with E-state index in [2.05, 4.69) is 9.46 Å². The van der Waals surface area contributed by atoms with Crippen LogP contribution in [0.15, 0.2) is 23.1 Å². The number of halogens is 1. The summed E-state index contributed by atoms with van der Waals surface area (Å²) < 4.78 is 31.5. The van der Waals surface area contributed by atoms with Crippen molar-refractivity contribution >= 4 is 33.3 Å². The number of hydrogen-bond donors (Lipinski definition) is 1. The molecule has 0 radical (unpaired) electrons. The minimum absolute atomic E-state index is 0.0290. The molecule has 0 aliphatic heterocycles. The number of sulfonamides is 1. The smallest absolute Gasteiger partial charge is 0.323 e. The number of esters is 1. The SMILES string of the molecule is COC(=O)[C@@H](CC(C)C)NS(=O)(=O)c1ccc(Cl)c([N+](=O)[O-])c1. The normalized spacial score (nSPS) is 12.9. The third-order valence-electron chi connectivity index (χ3n) is 2.91. The second-order valence-corrected chi connectivity index (χ2v) is 7.32. The Morgan fingerprint density at radius 3 is 2.52 bits per heavy atom. The maximum Gasteiger partial charge on any atom is 0.323 e. The Hall–Kier alpha value is -1.71. The second-order valence-electron chi connectivity index (χ2n) is 5.20. The van der Waals surface area contributed by atoms with E-state index in [1.807, 2.05) is 13.8 Å². The molecule has 0 aliphatic carbocycles. The monoisotopic (exact) mass is 364 g/mol. The number of nitrogens with one attached hydrogen (secondary N) is 1. The minimum atomic E-state index is -4.15. The summed E-state index contributed by atoms with van der Waals surface area (Å²) in [5.74, 6) is -0.702. The van der Waals surface area contributed by atoms with Crippen molar-refractivity contribution in [1.29, 1.82) is 0 Å². The molecule has 128 valence electrons. The van der Waals surface area contributed by atoms with Gasteiger partial charge in [0.25, 0.3) is 5.69 Å². The molecular formula is C13H17ClN2O6S. The Kier molecular flexibility index (Phi) is 6.48. The van der Waals surface area contributed by atoms with Gasteiger partial charge in [-0.05, 0) is 24.5 Å². The number of rotatable bonds is 7. The maximum absolute atomic E-state index is 12.3. The third kappa shape index (κ3) is 5.15. The number of nitrogens with zero attached hydrogens (tertiary/aromatic N) is 1. The molecule has 8 nitrogen and oxygen atoms in total. The first kappa shape index (κ1) is 19.3. The lowest BCUT2D eigenvalue weighted by molar-refractivity contribution is -0.384. The first-order valence-corrected chi connectivity index (χ1v) is 8.48. The first-order valence-electron chi connectivity index (χ1n) is 6.62. The summed E-state index contributed by atoms with van der Waals surface area (Å²) in [5.41, 5.74) is -0.534. The lowest BCUT2D eigenvalue weighted by Gasteiger charge is -2.18. The van der Waals surface area contributed by atoms with Crippen LogP contribution in [0.25, 0.3) is 0 Å². The highest BCUT2D eigenvalue weighted by molar-refractivity contribution is 7.89. The van der Waals surface area contributed by atoms with Gasteiger partial charge in [-0.3, -0.25) is 14.9 Å². The predicted octanol–water partition coefficient (Wildman–Crippen LogP) is 2.11. The maximum atomic E-state index is 12.3. The van der Waals surface area contributed by atoms with Crippen LogP contribution in [0.3, 0.4) is 0 Å². The van der Waals surface area contributed by atoms with E-state index in [1.165, 1.54) is 0 Å². The van der Waals surface area contributed by atoms with Crippen molar-refractivity contribution in [2.45, 2.75) is 31.2 Å². The topological polar surface area (TPSA) is 116 Å². The van der Waals surface area contributed by atoms with Gasteiger partial charge < -0.3 is 4.74 Å². The standard InChI is InChI=1S/C13H17ClN2O6S/c1-8(2)6-11(13(17)22-3)15-23(20,21)9-4-5-10(14)12(7-9)16(18)19/h4-5,7-8,11,15H,6H2,1-3H3/t11-/m1/s1. The lowest BCUT2D eigenvalue weighted by Crippen LogP contribution is -2.42. The molecular weight excluding hydrogens is 348 g/mol. The molecule has 1 rings (SSSR count). The molecule has 10 heteroatoms. The Bertz CT molecular complexity index is 704. The number of hydrogen-bond acceptors (Lipinski definition) is 6. The summed E-state index contributed by atoms with van der Waals surface area (Å²) >= 11 is 5.66. The summed E-state index contributed by atoms with van der Waals surface area (Å²) in [6.07, 6.45) is 0.224. The average molecular weight is 365 g/mol. The van der Waals surface area contributed by atoms with Gasteiger partial charge >= 0.3 is 5.97 Å². The molecule has 1 aromatic rings. The number of nitro groups is 1. The lowest BCUT2D eigenvalue weighted by atomic mass is 10.1. The molecule has 1 N–H and O–H groups in total. The van der Waals surface area contributed by atoms with E-state index in [-0.39, 0.29) is 22.3 Å². The Balaban J connectivity index is 3.17. The molecule has 0 saturated carbocycles. The Morgan fingerprint density at radius 1 is 1.43 bits per heavy atom. The van der Waals surface area contributed by atoms with Crippen LogP contribution >= 0.6 is 11.6 Å². The van der Waals surface area contributed by atoms with Crippen molar-refractivity contribution in [3.63, 3.8) is 0 Å². The highest BCUT2D eigenvalue weighted by Gasteiger charge is 2.28. The summed E-state index contributed by atoms with van der Waals surface area (Å²) in [6, 6.07) is 2.00. The van der Waals surface area contributed by atoms with Crippen molar-refractivity contribution in [3.05, 3.63) is 33.3 Å². The van der Waals surface area contributed by atoms with Crippen LogP contribution in [0, 0.1) is 16.0 Å². The average Bonchev–Trinajstić information content (AvgIpc) is 2.44. The van der Waals surface area contributed by atoms with Crippen LogP contribution in [0.4, 0.5) is 5.69 Å². The molecule has 0 amide bonds. The van der Waals surface area contributed by atoms with E-state index in [9.17, 15) is 23.3 Å². The summed E-state index contributed by atoms with van der Waals surface area (Å²) in [5, 5.41) is 10.7. The molecule has 0 fully saturated rings. The number of benzene rings is 1.